The first-order valence-corrected chi connectivity index (χ1v) is 14.8. The van der Waals surface area contributed by atoms with E-state index < -0.39 is 0 Å². The van der Waals surface area contributed by atoms with Gasteiger partial charge in [0.2, 0.25) is 0 Å². The monoisotopic (exact) mass is 525 g/mol. The Morgan fingerprint density at radius 1 is 0.974 bits per heavy atom. The SMILES string of the molecule is COC(=C1C2CC3CC(C2)CC1C3)c1cc(OC)c2nc(C3C=CC(OCc4ccccc4)=CC3)sc2c1. The first-order chi connectivity index (χ1) is 18.7. The molecule has 1 unspecified atom stereocenters. The molecule has 2 aromatic carbocycles. The molecule has 0 amide bonds. The minimum atomic E-state index is 0.245. The lowest BCUT2D eigenvalue weighted by Gasteiger charge is -2.51. The number of allylic oxidation sites excluding steroid dienone is 4. The van der Waals surface area contributed by atoms with E-state index in [-0.39, 0.29) is 5.92 Å². The van der Waals surface area contributed by atoms with E-state index in [1.165, 1.54) is 37.7 Å². The third-order valence-corrected chi connectivity index (χ3v) is 10.2. The molecule has 0 radical (unpaired) electrons. The average Bonchev–Trinajstić information content (AvgIpc) is 3.38. The topological polar surface area (TPSA) is 40.6 Å². The van der Waals surface area contributed by atoms with Crippen molar-refractivity contribution in [3.05, 3.63) is 88.2 Å². The molecule has 1 atom stereocenters. The van der Waals surface area contributed by atoms with Crippen LogP contribution in [0.4, 0.5) is 0 Å². The molecule has 0 aliphatic heterocycles. The maximum atomic E-state index is 6.18. The maximum Gasteiger partial charge on any atom is 0.146 e. The highest BCUT2D eigenvalue weighted by Crippen LogP contribution is 2.58. The quantitative estimate of drug-likeness (QED) is 0.291. The summed E-state index contributed by atoms with van der Waals surface area (Å²) in [6, 6.07) is 14.7. The van der Waals surface area contributed by atoms with E-state index in [0.717, 1.165) is 56.3 Å². The molecular formula is C33H35NO3S. The van der Waals surface area contributed by atoms with Crippen molar-refractivity contribution < 1.29 is 14.2 Å². The molecule has 0 spiro atoms. The van der Waals surface area contributed by atoms with Gasteiger partial charge >= 0.3 is 0 Å². The van der Waals surface area contributed by atoms with E-state index in [4.69, 9.17) is 19.2 Å². The number of benzene rings is 2. The van der Waals surface area contributed by atoms with E-state index in [1.807, 2.05) is 25.3 Å². The van der Waals surface area contributed by atoms with Gasteiger partial charge in [-0.3, -0.25) is 0 Å². The zero-order chi connectivity index (χ0) is 25.6. The largest absolute Gasteiger partial charge is 0.496 e. The summed E-state index contributed by atoms with van der Waals surface area (Å²) in [7, 11) is 3.60. The number of hydrogen-bond acceptors (Lipinski definition) is 5. The van der Waals surface area contributed by atoms with Crippen LogP contribution in [0.5, 0.6) is 5.75 Å². The second-order valence-corrected chi connectivity index (χ2v) is 12.5. The lowest BCUT2D eigenvalue weighted by atomic mass is 9.54. The predicted octanol–water partition coefficient (Wildman–Crippen LogP) is 8.26. The van der Waals surface area contributed by atoms with Crippen LogP contribution in [0.2, 0.25) is 0 Å². The van der Waals surface area contributed by atoms with E-state index in [0.29, 0.717) is 18.4 Å². The number of hydrogen-bond donors (Lipinski definition) is 0. The second-order valence-electron chi connectivity index (χ2n) is 11.5. The van der Waals surface area contributed by atoms with Crippen LogP contribution in [-0.2, 0) is 16.1 Å². The average molecular weight is 526 g/mol. The van der Waals surface area contributed by atoms with Crippen LogP contribution in [0, 0.1) is 23.7 Å². The fourth-order valence-electron chi connectivity index (χ4n) is 7.56. The Hall–Kier alpha value is -3.05. The zero-order valence-corrected chi connectivity index (χ0v) is 23.0. The van der Waals surface area contributed by atoms with Crippen molar-refractivity contribution in [2.75, 3.05) is 14.2 Å². The maximum absolute atomic E-state index is 6.18. The van der Waals surface area contributed by atoms with Gasteiger partial charge in [-0.25, -0.2) is 4.98 Å². The molecule has 0 saturated heterocycles. The molecule has 3 aromatic rings. The summed E-state index contributed by atoms with van der Waals surface area (Å²) in [6.07, 6.45) is 14.2. The van der Waals surface area contributed by atoms with Gasteiger partial charge in [0.1, 0.15) is 34.4 Å². The molecule has 0 N–H and O–H groups in total. The normalized spacial score (nSPS) is 27.5. The molecular weight excluding hydrogens is 490 g/mol. The van der Waals surface area contributed by atoms with Crippen LogP contribution in [0.25, 0.3) is 16.0 Å². The fraction of sp³-hybridized carbons (Fsp3) is 0.424. The van der Waals surface area contributed by atoms with Crippen molar-refractivity contribution in [3.63, 3.8) is 0 Å². The second kappa shape index (κ2) is 9.92. The lowest BCUT2D eigenvalue weighted by Crippen LogP contribution is -2.40. The standard InChI is InChI=1S/C33H35NO3S/c1-35-28-17-26(32(36-2)30-24-13-21-12-22(15-24)16-25(30)14-21)18-29-31(28)34-33(38-29)23-8-10-27(11-9-23)37-19-20-6-4-3-5-7-20/h3-8,10-11,17-18,21-25H,9,12-16,19H2,1-2H3. The number of rotatable bonds is 7. The van der Waals surface area contributed by atoms with Crippen LogP contribution in [0.1, 0.15) is 60.6 Å². The van der Waals surface area contributed by atoms with Crippen molar-refractivity contribution in [2.24, 2.45) is 23.7 Å². The molecule has 1 aromatic heterocycles. The highest BCUT2D eigenvalue weighted by Gasteiger charge is 2.46. The van der Waals surface area contributed by atoms with E-state index >= 15 is 0 Å². The fourth-order valence-corrected chi connectivity index (χ4v) is 8.68. The summed E-state index contributed by atoms with van der Waals surface area (Å²) in [5.41, 5.74) is 4.85. The molecule has 5 aliphatic rings. The van der Waals surface area contributed by atoms with Gasteiger partial charge in [0.15, 0.2) is 0 Å². The summed E-state index contributed by atoms with van der Waals surface area (Å²) in [4.78, 5) is 5.05. The molecule has 4 bridgehead atoms. The van der Waals surface area contributed by atoms with Crippen molar-refractivity contribution >= 4 is 27.3 Å². The number of nitrogens with zero attached hydrogens (tertiary/aromatic N) is 1. The Morgan fingerprint density at radius 2 is 1.74 bits per heavy atom. The number of ether oxygens (including phenoxy) is 3. The molecule has 5 aliphatic carbocycles. The van der Waals surface area contributed by atoms with E-state index in [9.17, 15) is 0 Å². The first-order valence-electron chi connectivity index (χ1n) is 14.0. The smallest absolute Gasteiger partial charge is 0.146 e. The molecule has 196 valence electrons. The Labute approximate surface area is 229 Å². The molecule has 4 nitrogen and oxygen atoms in total. The molecule has 38 heavy (non-hydrogen) atoms. The van der Waals surface area contributed by atoms with Crippen molar-refractivity contribution in [1.29, 1.82) is 0 Å². The van der Waals surface area contributed by atoms with Crippen LogP contribution >= 0.6 is 11.3 Å². The summed E-state index contributed by atoms with van der Waals surface area (Å²) in [6.45, 7) is 0.586. The number of fused-ring (bicyclic) bond motifs is 1. The van der Waals surface area contributed by atoms with Gasteiger partial charge in [-0.05, 0) is 97.6 Å². The number of aromatic nitrogens is 1. The lowest BCUT2D eigenvalue weighted by molar-refractivity contribution is 0.0675. The Bertz CT molecular complexity index is 1400. The van der Waals surface area contributed by atoms with Gasteiger partial charge in [0, 0.05) is 11.5 Å². The van der Waals surface area contributed by atoms with Gasteiger partial charge < -0.3 is 14.2 Å². The Balaban J connectivity index is 1.15. The zero-order valence-electron chi connectivity index (χ0n) is 22.2. The third kappa shape index (κ3) is 4.35. The van der Waals surface area contributed by atoms with Gasteiger partial charge in [0.25, 0.3) is 0 Å². The van der Waals surface area contributed by atoms with Gasteiger partial charge in [0.05, 0.1) is 18.9 Å². The molecule has 4 saturated carbocycles. The van der Waals surface area contributed by atoms with Crippen LogP contribution in [0.3, 0.4) is 0 Å². The highest BCUT2D eigenvalue weighted by molar-refractivity contribution is 7.18. The Kier molecular flexibility index (Phi) is 6.27. The van der Waals surface area contributed by atoms with Gasteiger partial charge in [-0.2, -0.15) is 0 Å². The van der Waals surface area contributed by atoms with E-state index in [1.54, 1.807) is 24.0 Å². The van der Waals surface area contributed by atoms with Gasteiger partial charge in [-0.15, -0.1) is 11.3 Å². The molecule has 5 heteroatoms. The number of methoxy groups -OCH3 is 2. The molecule has 8 rings (SSSR count). The summed E-state index contributed by atoms with van der Waals surface area (Å²) in [5, 5.41) is 1.12. The van der Waals surface area contributed by atoms with Gasteiger partial charge in [-0.1, -0.05) is 36.4 Å². The predicted molar refractivity (Wildman–Crippen MR) is 153 cm³/mol. The summed E-state index contributed by atoms with van der Waals surface area (Å²) >= 11 is 1.77. The number of thiazole rings is 1. The van der Waals surface area contributed by atoms with Crippen LogP contribution < -0.4 is 4.74 Å². The summed E-state index contributed by atoms with van der Waals surface area (Å²) in [5.74, 6) is 6.35. The molecule has 4 fully saturated rings. The van der Waals surface area contributed by atoms with Crippen molar-refractivity contribution in [3.8, 4) is 5.75 Å². The minimum absolute atomic E-state index is 0.245. The minimum Gasteiger partial charge on any atom is -0.496 e. The van der Waals surface area contributed by atoms with Crippen molar-refractivity contribution in [1.82, 2.24) is 4.98 Å². The molecule has 1 heterocycles. The first kappa shape index (κ1) is 24.0. The third-order valence-electron chi connectivity index (χ3n) is 9.07. The van der Waals surface area contributed by atoms with Crippen LogP contribution in [0.15, 0.2) is 72.0 Å². The van der Waals surface area contributed by atoms with E-state index in [2.05, 4.69) is 42.5 Å². The van der Waals surface area contributed by atoms with Crippen LogP contribution in [-0.4, -0.2) is 19.2 Å². The highest BCUT2D eigenvalue weighted by atomic mass is 32.1. The Morgan fingerprint density at radius 3 is 2.39 bits per heavy atom. The van der Waals surface area contributed by atoms with Crippen molar-refractivity contribution in [2.45, 2.75) is 51.0 Å². The summed E-state index contributed by atoms with van der Waals surface area (Å²) < 4.78 is 19.2.